The molecule has 10 heteroatoms. The van der Waals surface area contributed by atoms with E-state index in [-0.39, 0.29) is 5.91 Å². The highest BCUT2D eigenvalue weighted by atomic mass is 19.4. The van der Waals surface area contributed by atoms with Crippen LogP contribution in [-0.2, 0) is 4.79 Å². The number of carboxylic acids is 1. The topological polar surface area (TPSA) is 82.1 Å². The molecule has 0 aliphatic carbocycles. The van der Waals surface area contributed by atoms with Crippen molar-refractivity contribution in [2.24, 2.45) is 0 Å². The predicted molar refractivity (Wildman–Crippen MR) is 132 cm³/mol. The number of likely N-dealkylation sites (tertiary alicyclic amines) is 1. The van der Waals surface area contributed by atoms with E-state index in [0.717, 1.165) is 30.6 Å². The molecule has 2 fully saturated rings. The molecule has 2 N–H and O–H groups in total. The van der Waals surface area contributed by atoms with Crippen molar-refractivity contribution in [2.75, 3.05) is 37.0 Å². The number of methoxy groups -OCH3 is 1. The smallest absolute Gasteiger partial charge is 0.490 e. The van der Waals surface area contributed by atoms with Crippen LogP contribution in [0.3, 0.4) is 0 Å². The van der Waals surface area contributed by atoms with Crippen LogP contribution in [0.4, 0.5) is 24.5 Å². The van der Waals surface area contributed by atoms with Gasteiger partial charge in [0.15, 0.2) is 0 Å². The molecule has 0 saturated carbocycles. The summed E-state index contributed by atoms with van der Waals surface area (Å²) >= 11 is 0. The van der Waals surface area contributed by atoms with E-state index in [1.54, 1.807) is 31.4 Å². The summed E-state index contributed by atoms with van der Waals surface area (Å²) in [6, 6.07) is 14.8. The second-order valence-electron chi connectivity index (χ2n) is 9.10. The van der Waals surface area contributed by atoms with Crippen molar-refractivity contribution in [3.63, 3.8) is 0 Å². The van der Waals surface area contributed by atoms with E-state index in [4.69, 9.17) is 14.6 Å². The second-order valence-corrected chi connectivity index (χ2v) is 9.10. The first-order valence-electron chi connectivity index (χ1n) is 11.9. The van der Waals surface area contributed by atoms with Gasteiger partial charge in [-0.05, 0) is 87.7 Å². The number of alkyl halides is 3. The molecular formula is C26H32F3N3O4. The van der Waals surface area contributed by atoms with Crippen LogP contribution in [0.1, 0.15) is 42.1 Å². The van der Waals surface area contributed by atoms with E-state index in [2.05, 4.69) is 41.1 Å². The number of hydrogen-bond donors (Lipinski definition) is 2. The Kier molecular flexibility index (Phi) is 8.84. The zero-order valence-corrected chi connectivity index (χ0v) is 20.6. The summed E-state index contributed by atoms with van der Waals surface area (Å²) in [7, 11) is 1.62. The van der Waals surface area contributed by atoms with Gasteiger partial charge >= 0.3 is 12.1 Å². The van der Waals surface area contributed by atoms with Crippen molar-refractivity contribution in [1.82, 2.24) is 4.90 Å². The fourth-order valence-corrected chi connectivity index (χ4v) is 4.76. The molecule has 36 heavy (non-hydrogen) atoms. The maximum Gasteiger partial charge on any atom is 0.490 e. The van der Waals surface area contributed by atoms with Gasteiger partial charge in [0.05, 0.1) is 7.11 Å². The molecule has 2 saturated heterocycles. The summed E-state index contributed by atoms with van der Waals surface area (Å²) in [6.07, 6.45) is -1.18. The first-order valence-corrected chi connectivity index (χ1v) is 11.9. The minimum Gasteiger partial charge on any atom is -0.497 e. The van der Waals surface area contributed by atoms with Gasteiger partial charge in [-0.2, -0.15) is 13.2 Å². The first-order chi connectivity index (χ1) is 17.0. The highest BCUT2D eigenvalue weighted by Gasteiger charge is 2.38. The molecule has 0 spiro atoms. The summed E-state index contributed by atoms with van der Waals surface area (Å²) < 4.78 is 36.9. The lowest BCUT2D eigenvalue weighted by molar-refractivity contribution is -0.192. The third kappa shape index (κ3) is 6.90. The van der Waals surface area contributed by atoms with Crippen molar-refractivity contribution in [3.05, 3.63) is 53.6 Å². The van der Waals surface area contributed by atoms with Gasteiger partial charge in [-0.15, -0.1) is 0 Å². The summed E-state index contributed by atoms with van der Waals surface area (Å²) in [5, 5.41) is 10.1. The number of carboxylic acid groups (broad SMARTS) is 1. The number of nitrogens with zero attached hydrogens (tertiary/aromatic N) is 2. The van der Waals surface area contributed by atoms with Crippen LogP contribution in [0.15, 0.2) is 42.5 Å². The number of carbonyl (C=O) groups excluding carboxylic acids is 1. The van der Waals surface area contributed by atoms with Crippen LogP contribution in [0.5, 0.6) is 5.75 Å². The summed E-state index contributed by atoms with van der Waals surface area (Å²) in [5.41, 5.74) is 3.93. The van der Waals surface area contributed by atoms with Crippen molar-refractivity contribution in [1.29, 1.82) is 0 Å². The molecule has 2 heterocycles. The predicted octanol–water partition coefficient (Wildman–Crippen LogP) is 4.95. The quantitative estimate of drug-likeness (QED) is 0.596. The van der Waals surface area contributed by atoms with Crippen LogP contribution in [0.2, 0.25) is 0 Å². The molecule has 2 atom stereocenters. The minimum absolute atomic E-state index is 0.107. The van der Waals surface area contributed by atoms with E-state index < -0.39 is 12.1 Å². The maximum absolute atomic E-state index is 12.5. The van der Waals surface area contributed by atoms with Crippen LogP contribution in [0, 0.1) is 6.92 Å². The SMILES string of the molecule is COc1ccc(C(=O)Nc2ccc(N3CCC(N4CCCC4C)C3)c(C)c2)cc1.O=C(O)C(F)(F)F. The molecule has 2 aliphatic heterocycles. The van der Waals surface area contributed by atoms with Crippen LogP contribution in [-0.4, -0.2) is 66.9 Å². The number of hydrogen-bond acceptors (Lipinski definition) is 5. The average molecular weight is 508 g/mol. The molecule has 2 aliphatic rings. The van der Waals surface area contributed by atoms with Gasteiger partial charge in [0, 0.05) is 42.1 Å². The average Bonchev–Trinajstić information content (AvgIpc) is 3.48. The lowest BCUT2D eigenvalue weighted by atomic mass is 10.1. The van der Waals surface area contributed by atoms with Gasteiger partial charge < -0.3 is 20.1 Å². The standard InChI is InChI=1S/C24H31N3O2.C2HF3O2/c1-17-15-20(25-24(28)19-6-9-22(29-3)10-7-19)8-11-23(17)26-14-12-21(16-26)27-13-4-5-18(27)2;3-2(4,5)1(6)7/h6-11,15,18,21H,4-5,12-14,16H2,1-3H3,(H,25,28);(H,6,7). The first kappa shape index (κ1) is 27.3. The molecule has 2 aromatic carbocycles. The largest absolute Gasteiger partial charge is 0.497 e. The third-order valence-electron chi connectivity index (χ3n) is 6.63. The Hall–Kier alpha value is -3.27. The molecule has 196 valence electrons. The van der Waals surface area contributed by atoms with Crippen molar-refractivity contribution >= 4 is 23.3 Å². The Morgan fingerprint density at radius 1 is 1.08 bits per heavy atom. The Morgan fingerprint density at radius 2 is 1.75 bits per heavy atom. The van der Waals surface area contributed by atoms with Gasteiger partial charge in [0.1, 0.15) is 5.75 Å². The number of halogens is 3. The number of nitrogens with one attached hydrogen (secondary N) is 1. The lowest BCUT2D eigenvalue weighted by Crippen LogP contribution is -2.39. The lowest BCUT2D eigenvalue weighted by Gasteiger charge is -2.29. The van der Waals surface area contributed by atoms with Gasteiger partial charge in [-0.1, -0.05) is 0 Å². The number of amides is 1. The van der Waals surface area contributed by atoms with Crippen LogP contribution < -0.4 is 15.0 Å². The van der Waals surface area contributed by atoms with E-state index in [9.17, 15) is 18.0 Å². The fourth-order valence-electron chi connectivity index (χ4n) is 4.76. The maximum atomic E-state index is 12.5. The minimum atomic E-state index is -5.08. The highest BCUT2D eigenvalue weighted by Crippen LogP contribution is 2.31. The summed E-state index contributed by atoms with van der Waals surface area (Å²) in [6.45, 7) is 7.94. The van der Waals surface area contributed by atoms with E-state index in [1.165, 1.54) is 37.1 Å². The van der Waals surface area contributed by atoms with E-state index in [0.29, 0.717) is 11.6 Å². The molecule has 2 aromatic rings. The number of benzene rings is 2. The Labute approximate surface area is 208 Å². The molecule has 4 rings (SSSR count). The van der Waals surface area contributed by atoms with Crippen molar-refractivity contribution < 1.29 is 32.6 Å². The molecule has 2 unspecified atom stereocenters. The number of anilines is 2. The third-order valence-corrected chi connectivity index (χ3v) is 6.63. The molecular weight excluding hydrogens is 475 g/mol. The summed E-state index contributed by atoms with van der Waals surface area (Å²) in [5.74, 6) is -2.12. The fraction of sp³-hybridized carbons (Fsp3) is 0.462. The number of rotatable bonds is 5. The number of carbonyl (C=O) groups is 2. The molecule has 0 aromatic heterocycles. The van der Waals surface area contributed by atoms with E-state index in [1.807, 2.05) is 6.07 Å². The van der Waals surface area contributed by atoms with Gasteiger partial charge in [0.25, 0.3) is 5.91 Å². The molecule has 1 amide bonds. The highest BCUT2D eigenvalue weighted by molar-refractivity contribution is 6.04. The molecule has 7 nitrogen and oxygen atoms in total. The Bertz CT molecular complexity index is 1060. The molecule has 0 radical (unpaired) electrons. The Balaban J connectivity index is 0.000000454. The van der Waals surface area contributed by atoms with Crippen molar-refractivity contribution in [2.45, 2.75) is 51.4 Å². The van der Waals surface area contributed by atoms with E-state index >= 15 is 0 Å². The van der Waals surface area contributed by atoms with Crippen LogP contribution in [0.25, 0.3) is 0 Å². The van der Waals surface area contributed by atoms with Crippen molar-refractivity contribution in [3.8, 4) is 5.75 Å². The number of ether oxygens (including phenoxy) is 1. The second kappa shape index (κ2) is 11.6. The molecule has 0 bridgehead atoms. The van der Waals surface area contributed by atoms with Gasteiger partial charge in [-0.25, -0.2) is 4.79 Å². The van der Waals surface area contributed by atoms with Gasteiger partial charge in [-0.3, -0.25) is 9.69 Å². The number of aliphatic carboxylic acids is 1. The summed E-state index contributed by atoms with van der Waals surface area (Å²) in [4.78, 5) is 26.6. The monoisotopic (exact) mass is 507 g/mol. The normalized spacial score (nSPS) is 20.0. The van der Waals surface area contributed by atoms with Crippen LogP contribution >= 0.6 is 0 Å². The zero-order valence-electron chi connectivity index (χ0n) is 20.6. The Morgan fingerprint density at radius 3 is 2.28 bits per heavy atom. The zero-order chi connectivity index (χ0) is 26.5. The van der Waals surface area contributed by atoms with Gasteiger partial charge in [0.2, 0.25) is 0 Å². The number of aryl methyl sites for hydroxylation is 1.